The number of anilines is 1. The number of aryl methyl sites for hydroxylation is 2. The summed E-state index contributed by atoms with van der Waals surface area (Å²) in [6.45, 7) is 1.02. The quantitative estimate of drug-likeness (QED) is 0.898. The monoisotopic (exact) mass is 366 g/mol. The molecule has 0 bridgehead atoms. The largest absolute Gasteiger partial charge is 0.339 e. The Morgan fingerprint density at radius 1 is 1.00 bits per heavy atom. The number of carbonyl (C=O) groups excluding carboxylic acids is 2. The number of amides is 2. The lowest BCUT2D eigenvalue weighted by Gasteiger charge is -2.31. The van der Waals surface area contributed by atoms with Gasteiger partial charge in [0.1, 0.15) is 5.82 Å². The molecule has 4 rings (SSSR count). The van der Waals surface area contributed by atoms with Crippen molar-refractivity contribution in [2.24, 2.45) is 5.92 Å². The van der Waals surface area contributed by atoms with Gasteiger partial charge < -0.3 is 10.2 Å². The highest BCUT2D eigenvalue weighted by Gasteiger charge is 2.28. The molecule has 1 saturated heterocycles. The number of hydrogen-bond donors (Lipinski definition) is 1. The number of fused-ring (bicyclic) bond motifs is 1. The van der Waals surface area contributed by atoms with E-state index >= 15 is 0 Å². The van der Waals surface area contributed by atoms with Crippen LogP contribution in [-0.4, -0.2) is 29.8 Å². The number of piperidine rings is 1. The van der Waals surface area contributed by atoms with Crippen LogP contribution >= 0.6 is 0 Å². The molecule has 2 amide bonds. The second-order valence-electron chi connectivity index (χ2n) is 7.40. The number of carbonyl (C=O) groups is 2. The number of benzene rings is 2. The molecule has 2 aromatic carbocycles. The predicted octanol–water partition coefficient (Wildman–Crippen LogP) is 3.81. The Bertz CT molecular complexity index is 872. The summed E-state index contributed by atoms with van der Waals surface area (Å²) in [6.07, 6.45) is 4.64. The molecule has 0 atom stereocenters. The van der Waals surface area contributed by atoms with Crippen LogP contribution in [0, 0.1) is 11.7 Å². The van der Waals surface area contributed by atoms with E-state index in [1.54, 1.807) is 17.0 Å². The average molecular weight is 366 g/mol. The molecule has 0 spiro atoms. The van der Waals surface area contributed by atoms with E-state index in [4.69, 9.17) is 0 Å². The van der Waals surface area contributed by atoms with Crippen molar-refractivity contribution in [3.05, 3.63) is 65.0 Å². The first kappa shape index (κ1) is 17.7. The van der Waals surface area contributed by atoms with Gasteiger partial charge in [0, 0.05) is 30.3 Å². The fourth-order valence-electron chi connectivity index (χ4n) is 4.04. The maximum absolute atomic E-state index is 13.3. The van der Waals surface area contributed by atoms with Crippen LogP contribution in [0.1, 0.15) is 40.7 Å². The lowest BCUT2D eigenvalue weighted by molar-refractivity contribution is -0.121. The van der Waals surface area contributed by atoms with Gasteiger partial charge >= 0.3 is 0 Å². The highest BCUT2D eigenvalue weighted by Crippen LogP contribution is 2.26. The van der Waals surface area contributed by atoms with Gasteiger partial charge in [-0.1, -0.05) is 12.1 Å². The first-order valence-corrected chi connectivity index (χ1v) is 9.57. The van der Waals surface area contributed by atoms with Crippen LogP contribution in [0.2, 0.25) is 0 Å². The Morgan fingerprint density at radius 3 is 2.56 bits per heavy atom. The molecule has 1 fully saturated rings. The molecule has 0 unspecified atom stereocenters. The number of likely N-dealkylation sites (tertiary alicyclic amines) is 1. The molecule has 140 valence electrons. The normalized spacial score (nSPS) is 16.9. The summed E-state index contributed by atoms with van der Waals surface area (Å²) >= 11 is 0. The van der Waals surface area contributed by atoms with E-state index in [0.717, 1.165) is 18.5 Å². The standard InChI is InChI=1S/C22H23FN2O2/c23-19-6-2-5-18(13-19)22(27)25-11-9-16(10-12-25)21(26)24-20-8-7-15-3-1-4-17(15)14-20/h2,5-8,13-14,16H,1,3-4,9-12H2,(H,24,26). The summed E-state index contributed by atoms with van der Waals surface area (Å²) in [5.74, 6) is -0.669. The first-order valence-electron chi connectivity index (χ1n) is 9.57. The molecule has 1 heterocycles. The molecule has 0 radical (unpaired) electrons. The number of nitrogens with zero attached hydrogens (tertiary/aromatic N) is 1. The van der Waals surface area contributed by atoms with Gasteiger partial charge in [-0.05, 0) is 73.6 Å². The van der Waals surface area contributed by atoms with Gasteiger partial charge in [-0.2, -0.15) is 0 Å². The summed E-state index contributed by atoms with van der Waals surface area (Å²) in [7, 11) is 0. The van der Waals surface area contributed by atoms with Gasteiger partial charge in [0.25, 0.3) is 5.91 Å². The lowest BCUT2D eigenvalue weighted by atomic mass is 9.95. The van der Waals surface area contributed by atoms with Crippen molar-refractivity contribution in [1.29, 1.82) is 0 Å². The molecular weight excluding hydrogens is 343 g/mol. The third-order valence-electron chi connectivity index (χ3n) is 5.59. The zero-order chi connectivity index (χ0) is 18.8. The number of nitrogens with one attached hydrogen (secondary N) is 1. The van der Waals surface area contributed by atoms with Gasteiger partial charge in [-0.15, -0.1) is 0 Å². The highest BCUT2D eigenvalue weighted by molar-refractivity contribution is 5.95. The molecule has 1 aliphatic heterocycles. The van der Waals surface area contributed by atoms with Crippen LogP contribution in [0.4, 0.5) is 10.1 Å². The van der Waals surface area contributed by atoms with Crippen molar-refractivity contribution >= 4 is 17.5 Å². The average Bonchev–Trinajstić information content (AvgIpc) is 3.15. The van der Waals surface area contributed by atoms with Crippen molar-refractivity contribution < 1.29 is 14.0 Å². The van der Waals surface area contributed by atoms with Crippen molar-refractivity contribution in [3.63, 3.8) is 0 Å². The van der Waals surface area contributed by atoms with Crippen LogP contribution in [0.5, 0.6) is 0 Å². The third kappa shape index (κ3) is 3.87. The Hall–Kier alpha value is -2.69. The molecular formula is C22H23FN2O2. The molecule has 5 heteroatoms. The zero-order valence-electron chi connectivity index (χ0n) is 15.2. The van der Waals surface area contributed by atoms with Gasteiger partial charge in [0.05, 0.1) is 0 Å². The fraction of sp³-hybridized carbons (Fsp3) is 0.364. The number of halogens is 1. The van der Waals surface area contributed by atoms with Crippen LogP contribution < -0.4 is 5.32 Å². The van der Waals surface area contributed by atoms with E-state index < -0.39 is 5.82 Å². The van der Waals surface area contributed by atoms with Gasteiger partial charge in [0.15, 0.2) is 0 Å². The van der Waals surface area contributed by atoms with E-state index in [2.05, 4.69) is 17.4 Å². The summed E-state index contributed by atoms with van der Waals surface area (Å²) in [5.41, 5.74) is 3.94. The van der Waals surface area contributed by atoms with Crippen molar-refractivity contribution in [1.82, 2.24) is 4.90 Å². The predicted molar refractivity (Wildman–Crippen MR) is 102 cm³/mol. The molecule has 1 N–H and O–H groups in total. The summed E-state index contributed by atoms with van der Waals surface area (Å²) in [5, 5.41) is 3.03. The smallest absolute Gasteiger partial charge is 0.253 e. The Balaban J connectivity index is 1.33. The van der Waals surface area contributed by atoms with E-state index in [1.165, 1.54) is 29.7 Å². The molecule has 0 aromatic heterocycles. The molecule has 0 saturated carbocycles. The van der Waals surface area contributed by atoms with Crippen LogP contribution in [-0.2, 0) is 17.6 Å². The second kappa shape index (κ2) is 7.51. The van der Waals surface area contributed by atoms with Gasteiger partial charge in [0.2, 0.25) is 5.91 Å². The Kier molecular flexibility index (Phi) is 4.92. The minimum atomic E-state index is -0.413. The van der Waals surface area contributed by atoms with Crippen molar-refractivity contribution in [2.45, 2.75) is 32.1 Å². The number of rotatable bonds is 3. The van der Waals surface area contributed by atoms with E-state index in [0.29, 0.717) is 31.5 Å². The molecule has 2 aliphatic rings. The summed E-state index contributed by atoms with van der Waals surface area (Å²) < 4.78 is 13.3. The number of hydrogen-bond acceptors (Lipinski definition) is 2. The molecule has 4 nitrogen and oxygen atoms in total. The van der Waals surface area contributed by atoms with Crippen molar-refractivity contribution in [2.75, 3.05) is 18.4 Å². The third-order valence-corrected chi connectivity index (χ3v) is 5.59. The molecule has 2 aromatic rings. The second-order valence-corrected chi connectivity index (χ2v) is 7.40. The molecule has 1 aliphatic carbocycles. The Morgan fingerprint density at radius 2 is 1.78 bits per heavy atom. The van der Waals surface area contributed by atoms with Gasteiger partial charge in [-0.25, -0.2) is 4.39 Å². The highest BCUT2D eigenvalue weighted by atomic mass is 19.1. The lowest BCUT2D eigenvalue weighted by Crippen LogP contribution is -2.41. The summed E-state index contributed by atoms with van der Waals surface area (Å²) in [4.78, 5) is 26.8. The maximum atomic E-state index is 13.3. The van der Waals surface area contributed by atoms with E-state index in [-0.39, 0.29) is 17.7 Å². The van der Waals surface area contributed by atoms with Crippen LogP contribution in [0.15, 0.2) is 42.5 Å². The maximum Gasteiger partial charge on any atom is 0.253 e. The summed E-state index contributed by atoms with van der Waals surface area (Å²) in [6, 6.07) is 11.9. The van der Waals surface area contributed by atoms with E-state index in [1.807, 2.05) is 6.07 Å². The molecule has 27 heavy (non-hydrogen) atoms. The van der Waals surface area contributed by atoms with E-state index in [9.17, 15) is 14.0 Å². The van der Waals surface area contributed by atoms with Gasteiger partial charge in [-0.3, -0.25) is 9.59 Å². The topological polar surface area (TPSA) is 49.4 Å². The van der Waals surface area contributed by atoms with Crippen molar-refractivity contribution in [3.8, 4) is 0 Å². The minimum Gasteiger partial charge on any atom is -0.339 e. The zero-order valence-corrected chi connectivity index (χ0v) is 15.2. The first-order chi connectivity index (χ1) is 13.1. The Labute approximate surface area is 158 Å². The van der Waals surface area contributed by atoms with Crippen LogP contribution in [0.3, 0.4) is 0 Å². The SMILES string of the molecule is O=C(Nc1ccc2c(c1)CCC2)C1CCN(C(=O)c2cccc(F)c2)CC1. The fourth-order valence-corrected chi connectivity index (χ4v) is 4.04. The van der Waals surface area contributed by atoms with Crippen LogP contribution in [0.25, 0.3) is 0 Å². The minimum absolute atomic E-state index is 0.0193.